The first-order chi connectivity index (χ1) is 8.24. The van der Waals surface area contributed by atoms with Crippen molar-refractivity contribution in [2.75, 3.05) is 6.61 Å². The van der Waals surface area contributed by atoms with Crippen molar-refractivity contribution in [3.05, 3.63) is 29.6 Å². The maximum absolute atomic E-state index is 5.64. The number of hydrogen-bond donors (Lipinski definition) is 1. The maximum atomic E-state index is 5.64. The molecule has 0 atom stereocenters. The van der Waals surface area contributed by atoms with Gasteiger partial charge in [-0.25, -0.2) is 0 Å². The van der Waals surface area contributed by atoms with Gasteiger partial charge in [0.05, 0.1) is 18.0 Å². The van der Waals surface area contributed by atoms with Crippen molar-refractivity contribution in [3.8, 4) is 0 Å². The minimum absolute atomic E-state index is 0.492. The van der Waals surface area contributed by atoms with E-state index in [0.717, 1.165) is 30.5 Å². The highest BCUT2D eigenvalue weighted by molar-refractivity contribution is 5.10. The highest BCUT2D eigenvalue weighted by Crippen LogP contribution is 2.28. The average molecular weight is 234 g/mol. The maximum Gasteiger partial charge on any atom is 0.0888 e. The summed E-state index contributed by atoms with van der Waals surface area (Å²) >= 11 is 0. The van der Waals surface area contributed by atoms with Crippen molar-refractivity contribution < 1.29 is 4.74 Å². The molecular formula is C14H22N2O. The molecule has 1 aromatic heterocycles. The van der Waals surface area contributed by atoms with E-state index >= 15 is 0 Å². The van der Waals surface area contributed by atoms with Crippen LogP contribution in [0.4, 0.5) is 0 Å². The van der Waals surface area contributed by atoms with Gasteiger partial charge in [0.15, 0.2) is 0 Å². The molecule has 1 N–H and O–H groups in total. The van der Waals surface area contributed by atoms with Gasteiger partial charge in [0.2, 0.25) is 0 Å². The summed E-state index contributed by atoms with van der Waals surface area (Å²) in [5.41, 5.74) is 2.12. The Morgan fingerprint density at radius 3 is 2.82 bits per heavy atom. The standard InChI is InChI=1S/C14H22N2O/c1-11(2)15-8-13-4-3-5-14(16-13)10-17-9-12-6-7-12/h3-5,11-12,15H,6-10H2,1-2H3. The molecule has 0 radical (unpaired) electrons. The van der Waals surface area contributed by atoms with E-state index in [9.17, 15) is 0 Å². The van der Waals surface area contributed by atoms with Gasteiger partial charge in [-0.3, -0.25) is 4.98 Å². The summed E-state index contributed by atoms with van der Waals surface area (Å²) in [6.45, 7) is 6.65. The Bertz CT molecular complexity index is 348. The minimum atomic E-state index is 0.492. The van der Waals surface area contributed by atoms with Crippen LogP contribution in [0.2, 0.25) is 0 Å². The van der Waals surface area contributed by atoms with E-state index in [4.69, 9.17) is 4.74 Å². The first-order valence-electron chi connectivity index (χ1n) is 6.50. The second-order valence-corrected chi connectivity index (χ2v) is 5.11. The Balaban J connectivity index is 1.77. The molecular weight excluding hydrogens is 212 g/mol. The monoisotopic (exact) mass is 234 g/mol. The molecule has 0 amide bonds. The molecule has 2 rings (SSSR count). The largest absolute Gasteiger partial charge is 0.375 e. The molecule has 0 bridgehead atoms. The SMILES string of the molecule is CC(C)NCc1cccc(COCC2CC2)n1. The predicted octanol–water partition coefficient (Wildman–Crippen LogP) is 2.51. The third-order valence-electron chi connectivity index (χ3n) is 2.86. The van der Waals surface area contributed by atoms with Crippen molar-refractivity contribution in [1.29, 1.82) is 0 Å². The molecule has 1 fully saturated rings. The number of pyridine rings is 1. The van der Waals surface area contributed by atoms with Crippen molar-refractivity contribution in [2.45, 2.75) is 45.9 Å². The van der Waals surface area contributed by atoms with E-state index in [1.54, 1.807) is 0 Å². The van der Waals surface area contributed by atoms with Gasteiger partial charge in [-0.15, -0.1) is 0 Å². The Labute approximate surface area is 104 Å². The summed E-state index contributed by atoms with van der Waals surface area (Å²) < 4.78 is 5.64. The van der Waals surface area contributed by atoms with Gasteiger partial charge in [0, 0.05) is 19.2 Å². The average Bonchev–Trinajstić information content (AvgIpc) is 3.11. The molecule has 0 spiro atoms. The van der Waals surface area contributed by atoms with Crippen molar-refractivity contribution >= 4 is 0 Å². The molecule has 94 valence electrons. The Kier molecular flexibility index (Phi) is 4.51. The van der Waals surface area contributed by atoms with Gasteiger partial charge in [0.1, 0.15) is 0 Å². The van der Waals surface area contributed by atoms with E-state index in [1.807, 2.05) is 6.07 Å². The van der Waals surface area contributed by atoms with E-state index in [-0.39, 0.29) is 0 Å². The zero-order valence-corrected chi connectivity index (χ0v) is 10.8. The van der Waals surface area contributed by atoms with Crippen LogP contribution in [0.25, 0.3) is 0 Å². The van der Waals surface area contributed by atoms with E-state index in [0.29, 0.717) is 12.6 Å². The summed E-state index contributed by atoms with van der Waals surface area (Å²) in [5, 5.41) is 3.37. The molecule has 17 heavy (non-hydrogen) atoms. The van der Waals surface area contributed by atoms with Crippen LogP contribution in [-0.4, -0.2) is 17.6 Å². The predicted molar refractivity (Wildman–Crippen MR) is 68.6 cm³/mol. The zero-order chi connectivity index (χ0) is 12.1. The fourth-order valence-corrected chi connectivity index (χ4v) is 1.63. The molecule has 0 saturated heterocycles. The number of nitrogens with zero attached hydrogens (tertiary/aromatic N) is 1. The van der Waals surface area contributed by atoms with Crippen LogP contribution in [0, 0.1) is 5.92 Å². The van der Waals surface area contributed by atoms with Crippen LogP contribution >= 0.6 is 0 Å². The smallest absolute Gasteiger partial charge is 0.0888 e. The highest BCUT2D eigenvalue weighted by atomic mass is 16.5. The van der Waals surface area contributed by atoms with E-state index in [1.165, 1.54) is 12.8 Å². The Morgan fingerprint density at radius 2 is 2.12 bits per heavy atom. The lowest BCUT2D eigenvalue weighted by Gasteiger charge is -2.09. The van der Waals surface area contributed by atoms with Gasteiger partial charge in [-0.05, 0) is 30.9 Å². The molecule has 0 aromatic carbocycles. The van der Waals surface area contributed by atoms with Crippen LogP contribution < -0.4 is 5.32 Å². The summed E-state index contributed by atoms with van der Waals surface area (Å²) in [6.07, 6.45) is 2.68. The topological polar surface area (TPSA) is 34.1 Å². The van der Waals surface area contributed by atoms with Crippen LogP contribution in [0.3, 0.4) is 0 Å². The molecule has 1 aromatic rings. The summed E-state index contributed by atoms with van der Waals surface area (Å²) in [7, 11) is 0. The van der Waals surface area contributed by atoms with Crippen LogP contribution in [0.15, 0.2) is 18.2 Å². The molecule has 3 nitrogen and oxygen atoms in total. The molecule has 1 heterocycles. The number of aromatic nitrogens is 1. The summed E-state index contributed by atoms with van der Waals surface area (Å²) in [4.78, 5) is 4.57. The van der Waals surface area contributed by atoms with E-state index < -0.39 is 0 Å². The molecule has 1 saturated carbocycles. The zero-order valence-electron chi connectivity index (χ0n) is 10.8. The number of nitrogens with one attached hydrogen (secondary N) is 1. The first kappa shape index (κ1) is 12.5. The van der Waals surface area contributed by atoms with Gasteiger partial charge >= 0.3 is 0 Å². The Morgan fingerprint density at radius 1 is 1.35 bits per heavy atom. The lowest BCUT2D eigenvalue weighted by Crippen LogP contribution is -2.22. The molecule has 1 aliphatic carbocycles. The number of hydrogen-bond acceptors (Lipinski definition) is 3. The van der Waals surface area contributed by atoms with Gasteiger partial charge in [-0.1, -0.05) is 19.9 Å². The highest BCUT2D eigenvalue weighted by Gasteiger charge is 2.21. The van der Waals surface area contributed by atoms with Crippen molar-refractivity contribution in [3.63, 3.8) is 0 Å². The third kappa shape index (κ3) is 4.84. The number of rotatable bonds is 7. The van der Waals surface area contributed by atoms with Crippen LogP contribution in [0.5, 0.6) is 0 Å². The van der Waals surface area contributed by atoms with Crippen molar-refractivity contribution in [1.82, 2.24) is 10.3 Å². The van der Waals surface area contributed by atoms with Gasteiger partial charge in [0.25, 0.3) is 0 Å². The number of ether oxygens (including phenoxy) is 1. The first-order valence-corrected chi connectivity index (χ1v) is 6.50. The molecule has 0 aliphatic heterocycles. The third-order valence-corrected chi connectivity index (χ3v) is 2.86. The van der Waals surface area contributed by atoms with E-state index in [2.05, 4.69) is 36.3 Å². The lowest BCUT2D eigenvalue weighted by molar-refractivity contribution is 0.108. The second kappa shape index (κ2) is 6.12. The van der Waals surface area contributed by atoms with Crippen LogP contribution in [0.1, 0.15) is 38.1 Å². The van der Waals surface area contributed by atoms with Crippen LogP contribution in [-0.2, 0) is 17.9 Å². The molecule has 3 heteroatoms. The quantitative estimate of drug-likeness (QED) is 0.787. The second-order valence-electron chi connectivity index (χ2n) is 5.11. The van der Waals surface area contributed by atoms with Gasteiger partial charge in [-0.2, -0.15) is 0 Å². The fourth-order valence-electron chi connectivity index (χ4n) is 1.63. The minimum Gasteiger partial charge on any atom is -0.375 e. The molecule has 1 aliphatic rings. The fraction of sp³-hybridized carbons (Fsp3) is 0.643. The molecule has 0 unspecified atom stereocenters. The Hall–Kier alpha value is -0.930. The normalized spacial score (nSPS) is 15.5. The summed E-state index contributed by atoms with van der Waals surface area (Å²) in [6, 6.07) is 6.64. The van der Waals surface area contributed by atoms with Crippen molar-refractivity contribution in [2.24, 2.45) is 5.92 Å². The summed E-state index contributed by atoms with van der Waals surface area (Å²) in [5.74, 6) is 0.820. The lowest BCUT2D eigenvalue weighted by atomic mass is 10.3. The van der Waals surface area contributed by atoms with Gasteiger partial charge < -0.3 is 10.1 Å².